The maximum atomic E-state index is 12.0. The molecule has 0 aromatic heterocycles. The first-order valence-corrected chi connectivity index (χ1v) is 7.67. The number of amides is 1. The quantitative estimate of drug-likeness (QED) is 0.763. The molecule has 0 heterocycles. The van der Waals surface area contributed by atoms with Gasteiger partial charge in [-0.2, -0.15) is 0 Å². The molecule has 0 aromatic rings. The molecule has 126 valence electrons. The van der Waals surface area contributed by atoms with Gasteiger partial charge in [0.15, 0.2) is 0 Å². The zero-order valence-corrected chi connectivity index (χ0v) is 13.9. The zero-order valence-electron chi connectivity index (χ0n) is 13.9. The van der Waals surface area contributed by atoms with Crippen molar-refractivity contribution in [3.05, 3.63) is 12.2 Å². The van der Waals surface area contributed by atoms with Crippen molar-refractivity contribution in [1.29, 1.82) is 0 Å². The molecular weight excluding hydrogens is 286 g/mol. The highest BCUT2D eigenvalue weighted by molar-refractivity contribution is 5.79. The summed E-state index contributed by atoms with van der Waals surface area (Å²) in [6.45, 7) is 5.52. The molecular formula is C16H27NO5. The number of carboxylic acid groups (broad SMARTS) is 1. The SMILES string of the molecule is CN(C(=O)OC(C)(C)C)[C@H](CCOC1C=CCCC1)C(=O)O. The molecule has 2 atom stereocenters. The number of carboxylic acids is 1. The Kier molecular flexibility index (Phi) is 6.87. The molecule has 1 N–H and O–H groups in total. The van der Waals surface area contributed by atoms with E-state index in [0.717, 1.165) is 24.2 Å². The van der Waals surface area contributed by atoms with Gasteiger partial charge in [-0.1, -0.05) is 12.2 Å². The fourth-order valence-corrected chi connectivity index (χ4v) is 2.20. The molecule has 6 heteroatoms. The van der Waals surface area contributed by atoms with Crippen molar-refractivity contribution < 1.29 is 24.2 Å². The highest BCUT2D eigenvalue weighted by atomic mass is 16.6. The van der Waals surface area contributed by atoms with Crippen molar-refractivity contribution in [3.8, 4) is 0 Å². The summed E-state index contributed by atoms with van der Waals surface area (Å²) in [7, 11) is 1.44. The molecule has 0 aromatic carbocycles. The van der Waals surface area contributed by atoms with E-state index < -0.39 is 23.7 Å². The van der Waals surface area contributed by atoms with E-state index in [1.165, 1.54) is 7.05 Å². The van der Waals surface area contributed by atoms with Crippen molar-refractivity contribution >= 4 is 12.1 Å². The predicted molar refractivity (Wildman–Crippen MR) is 82.8 cm³/mol. The number of ether oxygens (including phenoxy) is 2. The Bertz CT molecular complexity index is 413. The minimum atomic E-state index is -1.06. The summed E-state index contributed by atoms with van der Waals surface area (Å²) >= 11 is 0. The minimum absolute atomic E-state index is 0.0510. The van der Waals surface area contributed by atoms with Crippen molar-refractivity contribution in [2.24, 2.45) is 0 Å². The second kappa shape index (κ2) is 8.17. The normalized spacial score (nSPS) is 19.5. The van der Waals surface area contributed by atoms with E-state index in [9.17, 15) is 14.7 Å². The number of carbonyl (C=O) groups excluding carboxylic acids is 1. The Morgan fingerprint density at radius 1 is 1.41 bits per heavy atom. The van der Waals surface area contributed by atoms with Crippen LogP contribution in [0.4, 0.5) is 4.79 Å². The molecule has 22 heavy (non-hydrogen) atoms. The van der Waals surface area contributed by atoms with Crippen molar-refractivity contribution in [3.63, 3.8) is 0 Å². The van der Waals surface area contributed by atoms with Gasteiger partial charge in [0, 0.05) is 20.1 Å². The van der Waals surface area contributed by atoms with E-state index in [4.69, 9.17) is 9.47 Å². The molecule has 0 saturated carbocycles. The molecule has 6 nitrogen and oxygen atoms in total. The van der Waals surface area contributed by atoms with Gasteiger partial charge in [0.05, 0.1) is 6.10 Å². The third kappa shape index (κ3) is 6.47. The maximum absolute atomic E-state index is 12.0. The summed E-state index contributed by atoms with van der Waals surface area (Å²) in [6.07, 6.45) is 6.84. The van der Waals surface area contributed by atoms with E-state index in [1.807, 2.05) is 6.08 Å². The minimum Gasteiger partial charge on any atom is -0.480 e. The number of aliphatic carboxylic acids is 1. The fraction of sp³-hybridized carbons (Fsp3) is 0.750. The van der Waals surface area contributed by atoms with Crippen LogP contribution in [0.2, 0.25) is 0 Å². The number of nitrogens with zero attached hydrogens (tertiary/aromatic N) is 1. The molecule has 1 unspecified atom stereocenters. The lowest BCUT2D eigenvalue weighted by Crippen LogP contribution is -2.45. The first-order chi connectivity index (χ1) is 10.2. The summed E-state index contributed by atoms with van der Waals surface area (Å²) < 4.78 is 10.9. The third-order valence-corrected chi connectivity index (χ3v) is 3.37. The summed E-state index contributed by atoms with van der Waals surface area (Å²) in [5.41, 5.74) is -0.655. The average Bonchev–Trinajstić information content (AvgIpc) is 2.42. The molecule has 1 aliphatic carbocycles. The Hall–Kier alpha value is -1.56. The number of hydrogen-bond acceptors (Lipinski definition) is 4. The summed E-state index contributed by atoms with van der Waals surface area (Å²) in [5, 5.41) is 9.31. The number of carbonyl (C=O) groups is 2. The molecule has 0 saturated heterocycles. The molecule has 1 rings (SSSR count). The topological polar surface area (TPSA) is 76.1 Å². The molecule has 0 aliphatic heterocycles. The van der Waals surface area contributed by atoms with Gasteiger partial charge < -0.3 is 14.6 Å². The van der Waals surface area contributed by atoms with Crippen LogP contribution in [-0.4, -0.2) is 53.5 Å². The van der Waals surface area contributed by atoms with Crippen LogP contribution in [0.25, 0.3) is 0 Å². The van der Waals surface area contributed by atoms with Crippen LogP contribution in [0.5, 0.6) is 0 Å². The van der Waals surface area contributed by atoms with Gasteiger partial charge in [-0.25, -0.2) is 9.59 Å². The van der Waals surface area contributed by atoms with E-state index in [0.29, 0.717) is 6.61 Å². The lowest BCUT2D eigenvalue weighted by Gasteiger charge is -2.28. The van der Waals surface area contributed by atoms with Crippen LogP contribution in [0, 0.1) is 0 Å². The van der Waals surface area contributed by atoms with Gasteiger partial charge in [0.1, 0.15) is 11.6 Å². The molecule has 0 bridgehead atoms. The lowest BCUT2D eigenvalue weighted by atomic mass is 10.1. The smallest absolute Gasteiger partial charge is 0.410 e. The second-order valence-electron chi connectivity index (χ2n) is 6.50. The molecule has 0 fully saturated rings. The van der Waals surface area contributed by atoms with E-state index >= 15 is 0 Å². The van der Waals surface area contributed by atoms with Crippen LogP contribution in [0.15, 0.2) is 12.2 Å². The van der Waals surface area contributed by atoms with Gasteiger partial charge in [0.2, 0.25) is 0 Å². The maximum Gasteiger partial charge on any atom is 0.410 e. The predicted octanol–water partition coefficient (Wildman–Crippen LogP) is 2.82. The van der Waals surface area contributed by atoms with Crippen molar-refractivity contribution in [1.82, 2.24) is 4.90 Å². The van der Waals surface area contributed by atoms with Crippen molar-refractivity contribution in [2.75, 3.05) is 13.7 Å². The summed E-state index contributed by atoms with van der Waals surface area (Å²) in [6, 6.07) is -0.956. The lowest BCUT2D eigenvalue weighted by molar-refractivity contribution is -0.143. The highest BCUT2D eigenvalue weighted by Crippen LogP contribution is 2.16. The summed E-state index contributed by atoms with van der Waals surface area (Å²) in [5.74, 6) is -1.06. The highest BCUT2D eigenvalue weighted by Gasteiger charge is 2.30. The molecule has 0 radical (unpaired) electrons. The third-order valence-electron chi connectivity index (χ3n) is 3.37. The van der Waals surface area contributed by atoms with E-state index in [2.05, 4.69) is 6.08 Å². The molecule has 0 spiro atoms. The number of likely N-dealkylation sites (N-methyl/N-ethyl adjacent to an activating group) is 1. The Morgan fingerprint density at radius 3 is 2.59 bits per heavy atom. The monoisotopic (exact) mass is 313 g/mol. The Labute approximate surface area is 132 Å². The van der Waals surface area contributed by atoms with Crippen LogP contribution in [0.1, 0.15) is 46.5 Å². The van der Waals surface area contributed by atoms with Crippen LogP contribution in [0.3, 0.4) is 0 Å². The second-order valence-corrected chi connectivity index (χ2v) is 6.50. The van der Waals surface area contributed by atoms with Gasteiger partial charge in [-0.3, -0.25) is 4.90 Å². The van der Waals surface area contributed by atoms with Crippen LogP contribution in [-0.2, 0) is 14.3 Å². The van der Waals surface area contributed by atoms with Crippen LogP contribution < -0.4 is 0 Å². The Morgan fingerprint density at radius 2 is 2.09 bits per heavy atom. The Balaban J connectivity index is 2.50. The first-order valence-electron chi connectivity index (χ1n) is 7.67. The first kappa shape index (κ1) is 18.5. The van der Waals surface area contributed by atoms with Gasteiger partial charge in [0.25, 0.3) is 0 Å². The molecule has 1 amide bonds. The van der Waals surface area contributed by atoms with Gasteiger partial charge >= 0.3 is 12.1 Å². The largest absolute Gasteiger partial charge is 0.480 e. The number of rotatable bonds is 6. The van der Waals surface area contributed by atoms with Gasteiger partial charge in [-0.15, -0.1) is 0 Å². The van der Waals surface area contributed by atoms with Crippen LogP contribution >= 0.6 is 0 Å². The van der Waals surface area contributed by atoms with E-state index in [-0.39, 0.29) is 12.5 Å². The number of hydrogen-bond donors (Lipinski definition) is 1. The standard InChI is InChI=1S/C16H27NO5/c1-16(2,3)22-15(20)17(4)13(14(18)19)10-11-21-12-8-6-5-7-9-12/h6,8,12-13H,5,7,9-11H2,1-4H3,(H,18,19)/t12?,13-/m1/s1. The molecule has 1 aliphatic rings. The van der Waals surface area contributed by atoms with Gasteiger partial charge in [-0.05, 0) is 40.0 Å². The van der Waals surface area contributed by atoms with Crippen molar-refractivity contribution in [2.45, 2.75) is 64.2 Å². The fourth-order valence-electron chi connectivity index (χ4n) is 2.20. The van der Waals surface area contributed by atoms with E-state index in [1.54, 1.807) is 20.8 Å². The zero-order chi connectivity index (χ0) is 16.8. The number of allylic oxidation sites excluding steroid dienone is 1. The average molecular weight is 313 g/mol. The summed E-state index contributed by atoms with van der Waals surface area (Å²) in [4.78, 5) is 24.5.